The van der Waals surface area contributed by atoms with Crippen molar-refractivity contribution in [1.82, 2.24) is 15.2 Å². The first-order valence-corrected chi connectivity index (χ1v) is 9.48. The van der Waals surface area contributed by atoms with Crippen molar-refractivity contribution in [1.29, 1.82) is 0 Å². The van der Waals surface area contributed by atoms with Crippen LogP contribution in [-0.2, 0) is 4.79 Å². The van der Waals surface area contributed by atoms with Gasteiger partial charge in [-0.1, -0.05) is 19.3 Å². The average molecular weight is 330 g/mol. The Bertz CT molecular complexity index is 507. The predicted octanol–water partition coefficient (Wildman–Crippen LogP) is 2.80. The van der Waals surface area contributed by atoms with Crippen molar-refractivity contribution in [2.75, 3.05) is 31.5 Å². The molecule has 5 nitrogen and oxygen atoms in total. The number of carbonyl (C=O) groups is 1. The maximum atomic E-state index is 13.0. The molecule has 1 saturated heterocycles. The number of hydrogen-bond donors (Lipinski definition) is 2. The van der Waals surface area contributed by atoms with Crippen LogP contribution in [0.2, 0.25) is 0 Å². The summed E-state index contributed by atoms with van der Waals surface area (Å²) in [6, 6.07) is 3.93. The second-order valence-electron chi connectivity index (χ2n) is 7.06. The van der Waals surface area contributed by atoms with Crippen LogP contribution >= 0.6 is 0 Å². The molecule has 1 aliphatic carbocycles. The maximum absolute atomic E-state index is 13.0. The smallest absolute Gasteiger partial charge is 0.240 e. The molecule has 1 aromatic heterocycles. The van der Waals surface area contributed by atoms with Gasteiger partial charge in [0.05, 0.1) is 5.69 Å². The third-order valence-corrected chi connectivity index (χ3v) is 5.44. The van der Waals surface area contributed by atoms with Crippen LogP contribution < -0.4 is 10.6 Å². The average Bonchev–Trinajstić information content (AvgIpc) is 3.18. The van der Waals surface area contributed by atoms with Gasteiger partial charge in [-0.3, -0.25) is 14.7 Å². The van der Waals surface area contributed by atoms with Gasteiger partial charge >= 0.3 is 0 Å². The number of nitrogens with one attached hydrogen (secondary N) is 2. The van der Waals surface area contributed by atoms with Crippen LogP contribution in [0.3, 0.4) is 0 Å². The Labute approximate surface area is 145 Å². The quantitative estimate of drug-likeness (QED) is 0.755. The Morgan fingerprint density at radius 2 is 1.92 bits per heavy atom. The Hall–Kier alpha value is -1.62. The topological polar surface area (TPSA) is 57.3 Å². The van der Waals surface area contributed by atoms with Gasteiger partial charge < -0.3 is 10.6 Å². The van der Waals surface area contributed by atoms with Gasteiger partial charge in [0, 0.05) is 25.5 Å². The summed E-state index contributed by atoms with van der Waals surface area (Å²) in [5.41, 5.74) is 0.815. The first kappa shape index (κ1) is 17.2. The minimum absolute atomic E-state index is 0.217. The molecule has 1 amide bonds. The van der Waals surface area contributed by atoms with Gasteiger partial charge in [-0.25, -0.2) is 0 Å². The highest BCUT2D eigenvalue weighted by Gasteiger charge is 2.45. The van der Waals surface area contributed by atoms with Crippen LogP contribution in [-0.4, -0.2) is 47.5 Å². The van der Waals surface area contributed by atoms with Crippen molar-refractivity contribution < 1.29 is 4.79 Å². The lowest BCUT2D eigenvalue weighted by molar-refractivity contribution is -0.135. The second-order valence-corrected chi connectivity index (χ2v) is 7.06. The third kappa shape index (κ3) is 4.07. The highest BCUT2D eigenvalue weighted by atomic mass is 16.2. The summed E-state index contributed by atoms with van der Waals surface area (Å²) < 4.78 is 0. The van der Waals surface area contributed by atoms with E-state index in [4.69, 9.17) is 0 Å². The molecule has 1 aliphatic heterocycles. The number of carbonyl (C=O) groups excluding carboxylic acids is 1. The van der Waals surface area contributed by atoms with E-state index in [1.807, 2.05) is 18.3 Å². The number of likely N-dealkylation sites (tertiary alicyclic amines) is 1. The lowest BCUT2D eigenvalue weighted by atomic mass is 9.79. The Morgan fingerprint density at radius 3 is 2.62 bits per heavy atom. The van der Waals surface area contributed by atoms with Gasteiger partial charge in [0.25, 0.3) is 0 Å². The molecule has 0 aromatic carbocycles. The number of rotatable bonds is 7. The summed E-state index contributed by atoms with van der Waals surface area (Å²) in [5, 5.41) is 6.56. The lowest BCUT2D eigenvalue weighted by Gasteiger charge is -2.43. The van der Waals surface area contributed by atoms with Crippen LogP contribution in [0.25, 0.3) is 0 Å². The zero-order valence-corrected chi connectivity index (χ0v) is 14.6. The van der Waals surface area contributed by atoms with E-state index < -0.39 is 0 Å². The minimum Gasteiger partial charge on any atom is -0.384 e. The number of amides is 1. The van der Waals surface area contributed by atoms with Gasteiger partial charge in [-0.15, -0.1) is 0 Å². The van der Waals surface area contributed by atoms with E-state index in [9.17, 15) is 4.79 Å². The number of nitrogens with zero attached hydrogens (tertiary/aromatic N) is 2. The van der Waals surface area contributed by atoms with Crippen LogP contribution in [0.1, 0.15) is 51.4 Å². The molecule has 0 atom stereocenters. The van der Waals surface area contributed by atoms with Crippen molar-refractivity contribution in [2.45, 2.75) is 56.9 Å². The second kappa shape index (κ2) is 8.47. The highest BCUT2D eigenvalue weighted by Crippen LogP contribution is 2.36. The first-order valence-electron chi connectivity index (χ1n) is 9.48. The molecule has 24 heavy (non-hydrogen) atoms. The summed E-state index contributed by atoms with van der Waals surface area (Å²) in [6.45, 7) is 3.77. The minimum atomic E-state index is -0.217. The monoisotopic (exact) mass is 330 g/mol. The summed E-state index contributed by atoms with van der Waals surface area (Å²) in [5.74, 6) is 0.269. The van der Waals surface area contributed by atoms with Crippen molar-refractivity contribution in [3.63, 3.8) is 0 Å². The SMILES string of the molecule is O=C(NCCCNc1cccnc1)C1(N2CCCC2)CCCCC1. The molecule has 132 valence electrons. The Balaban J connectivity index is 1.45. The largest absolute Gasteiger partial charge is 0.384 e. The van der Waals surface area contributed by atoms with Crippen molar-refractivity contribution in [2.24, 2.45) is 0 Å². The Morgan fingerprint density at radius 1 is 1.12 bits per heavy atom. The summed E-state index contributed by atoms with van der Waals surface area (Å²) in [7, 11) is 0. The van der Waals surface area contributed by atoms with Gasteiger partial charge in [0.15, 0.2) is 0 Å². The molecule has 1 saturated carbocycles. The van der Waals surface area contributed by atoms with E-state index in [-0.39, 0.29) is 11.4 Å². The molecule has 1 aromatic rings. The number of pyridine rings is 1. The first-order chi connectivity index (χ1) is 11.8. The van der Waals surface area contributed by atoms with Crippen LogP contribution in [0.4, 0.5) is 5.69 Å². The van der Waals surface area contributed by atoms with Gasteiger partial charge in [0.2, 0.25) is 5.91 Å². The number of hydrogen-bond acceptors (Lipinski definition) is 4. The standard InChI is InChI=1S/C19H30N4O/c24-18(22-13-7-12-21-17-8-6-11-20-16-17)19(9-2-1-3-10-19)23-14-4-5-15-23/h6,8,11,16,21H,1-5,7,9-10,12-15H2,(H,22,24). The molecule has 3 rings (SSSR count). The maximum Gasteiger partial charge on any atom is 0.240 e. The van der Waals surface area contributed by atoms with E-state index >= 15 is 0 Å². The molecule has 0 radical (unpaired) electrons. The van der Waals surface area contributed by atoms with Gasteiger partial charge in [-0.05, 0) is 57.3 Å². The normalized spacial score (nSPS) is 20.7. The van der Waals surface area contributed by atoms with Gasteiger partial charge in [0.1, 0.15) is 5.54 Å². The molecular weight excluding hydrogens is 300 g/mol. The molecule has 0 bridgehead atoms. The summed E-state index contributed by atoms with van der Waals surface area (Å²) in [4.78, 5) is 19.5. The third-order valence-electron chi connectivity index (χ3n) is 5.44. The zero-order chi connectivity index (χ0) is 16.7. The van der Waals surface area contributed by atoms with Crippen molar-refractivity contribution >= 4 is 11.6 Å². The van der Waals surface area contributed by atoms with Crippen molar-refractivity contribution in [3.05, 3.63) is 24.5 Å². The molecule has 5 heteroatoms. The van der Waals surface area contributed by atoms with E-state index in [0.717, 1.165) is 51.1 Å². The zero-order valence-electron chi connectivity index (χ0n) is 14.6. The molecular formula is C19H30N4O. The fourth-order valence-corrected chi connectivity index (χ4v) is 4.12. The lowest BCUT2D eigenvalue weighted by Crippen LogP contribution is -2.59. The molecule has 2 N–H and O–H groups in total. The van der Waals surface area contributed by atoms with E-state index in [1.165, 1.54) is 32.1 Å². The molecule has 0 spiro atoms. The van der Waals surface area contributed by atoms with Gasteiger partial charge in [-0.2, -0.15) is 0 Å². The van der Waals surface area contributed by atoms with Crippen LogP contribution in [0, 0.1) is 0 Å². The molecule has 2 aliphatic rings. The van der Waals surface area contributed by atoms with E-state index in [0.29, 0.717) is 0 Å². The summed E-state index contributed by atoms with van der Waals surface area (Å²) in [6.07, 6.45) is 12.7. The van der Waals surface area contributed by atoms with Crippen LogP contribution in [0.15, 0.2) is 24.5 Å². The fourth-order valence-electron chi connectivity index (χ4n) is 4.12. The van der Waals surface area contributed by atoms with Crippen molar-refractivity contribution in [3.8, 4) is 0 Å². The molecule has 2 heterocycles. The molecule has 2 fully saturated rings. The van der Waals surface area contributed by atoms with E-state index in [1.54, 1.807) is 6.20 Å². The fraction of sp³-hybridized carbons (Fsp3) is 0.684. The number of aromatic nitrogens is 1. The highest BCUT2D eigenvalue weighted by molar-refractivity contribution is 5.86. The van der Waals surface area contributed by atoms with Crippen LogP contribution in [0.5, 0.6) is 0 Å². The van der Waals surface area contributed by atoms with E-state index in [2.05, 4.69) is 20.5 Å². The predicted molar refractivity (Wildman–Crippen MR) is 97.0 cm³/mol. The summed E-state index contributed by atoms with van der Waals surface area (Å²) >= 11 is 0. The Kier molecular flexibility index (Phi) is 6.07. The molecule has 0 unspecified atom stereocenters. The number of anilines is 1.